The van der Waals surface area contributed by atoms with Gasteiger partial charge in [-0.05, 0) is 65.1 Å². The quantitative estimate of drug-likeness (QED) is 0.493. The van der Waals surface area contributed by atoms with Crippen LogP contribution in [0.1, 0.15) is 62.1 Å². The van der Waals surface area contributed by atoms with Crippen molar-refractivity contribution in [3.05, 3.63) is 81.5 Å². The summed E-state index contributed by atoms with van der Waals surface area (Å²) in [5, 5.41) is 23.2. The molecule has 5 nitrogen and oxygen atoms in total. The number of nitriles is 1. The topological polar surface area (TPSA) is 80.0 Å². The Morgan fingerprint density at radius 2 is 1.85 bits per heavy atom. The Labute approximate surface area is 205 Å². The number of amides is 1. The summed E-state index contributed by atoms with van der Waals surface area (Å²) in [6, 6.07) is 20.1. The number of hydrogen-bond donors (Lipinski definition) is 2. The van der Waals surface area contributed by atoms with Gasteiger partial charge in [0, 0.05) is 11.4 Å². The van der Waals surface area contributed by atoms with Gasteiger partial charge in [-0.2, -0.15) is 5.26 Å². The molecule has 0 saturated carbocycles. The van der Waals surface area contributed by atoms with Gasteiger partial charge in [0.1, 0.15) is 0 Å². The van der Waals surface area contributed by atoms with Gasteiger partial charge in [-0.3, -0.25) is 15.1 Å². The molecule has 2 aromatic carbocycles. The van der Waals surface area contributed by atoms with E-state index in [2.05, 4.69) is 67.9 Å². The number of nitrogens with one attached hydrogen (secondary N) is 2. The Morgan fingerprint density at radius 1 is 1.15 bits per heavy atom. The van der Waals surface area contributed by atoms with E-state index in [1.807, 2.05) is 32.0 Å². The normalized spacial score (nSPS) is 20.7. The molecule has 0 bridgehead atoms. The molecule has 6 heteroatoms. The number of rotatable bonds is 4. The van der Waals surface area contributed by atoms with Gasteiger partial charge in [0.05, 0.1) is 23.1 Å². The summed E-state index contributed by atoms with van der Waals surface area (Å²) < 4.78 is 0. The van der Waals surface area contributed by atoms with Crippen LogP contribution >= 0.6 is 11.3 Å². The van der Waals surface area contributed by atoms with Crippen molar-refractivity contribution >= 4 is 23.2 Å². The monoisotopic (exact) mass is 470 g/mol. The zero-order valence-corrected chi connectivity index (χ0v) is 21.1. The number of benzene rings is 2. The molecule has 1 amide bonds. The van der Waals surface area contributed by atoms with Crippen molar-refractivity contribution in [3.63, 3.8) is 0 Å². The minimum absolute atomic E-state index is 0.0227. The highest BCUT2D eigenvalue weighted by atomic mass is 32.1. The lowest BCUT2D eigenvalue weighted by molar-refractivity contribution is -0.132. The molecule has 0 spiro atoms. The standard InChI is InChI=1S/C28H30N4OS/c1-6-32-25(33)24(19-10-12-22(13-11-19)27(2,3)4)28(5,31-26(32)30)23-15-21(17-34-23)20-9-7-8-18(14-20)16-29/h7-15,17,24H,6H2,1-5H3,(H2,30,31)/t24?,28-/m1/s1. The zero-order chi connectivity index (χ0) is 24.7. The molecule has 1 aliphatic rings. The third-order valence-electron chi connectivity index (χ3n) is 6.60. The van der Waals surface area contributed by atoms with E-state index in [1.54, 1.807) is 17.4 Å². The molecule has 1 aliphatic heterocycles. The SMILES string of the molecule is CCN1C(=N)N[C@](C)(c2cc(-c3cccc(C#N)c3)cs2)C(c2ccc(C(C)(C)C)cc2)C1=O. The van der Waals surface area contributed by atoms with Crippen molar-refractivity contribution in [1.29, 1.82) is 10.7 Å². The second kappa shape index (κ2) is 8.73. The largest absolute Gasteiger partial charge is 0.345 e. The molecule has 2 heterocycles. The third-order valence-corrected chi connectivity index (χ3v) is 7.77. The number of guanidine groups is 1. The lowest BCUT2D eigenvalue weighted by atomic mass is 9.75. The summed E-state index contributed by atoms with van der Waals surface area (Å²) in [6.07, 6.45) is 0. The molecule has 0 radical (unpaired) electrons. The Bertz CT molecular complexity index is 1280. The first-order chi connectivity index (χ1) is 16.1. The van der Waals surface area contributed by atoms with Gasteiger partial charge < -0.3 is 5.32 Å². The number of likely N-dealkylation sites (N-methyl/N-ethyl adjacent to an activating group) is 1. The number of nitrogens with zero attached hydrogens (tertiary/aromatic N) is 2. The fourth-order valence-electron chi connectivity index (χ4n) is 4.60. The van der Waals surface area contributed by atoms with Crippen molar-refractivity contribution in [2.75, 3.05) is 6.54 Å². The molecular formula is C28H30N4OS. The number of hydrogen-bond acceptors (Lipinski definition) is 4. The third kappa shape index (κ3) is 4.12. The second-order valence-corrected chi connectivity index (χ2v) is 10.9. The second-order valence-electron chi connectivity index (χ2n) is 9.96. The first-order valence-electron chi connectivity index (χ1n) is 11.5. The van der Waals surface area contributed by atoms with Crippen LogP contribution < -0.4 is 5.32 Å². The van der Waals surface area contributed by atoms with Crippen molar-refractivity contribution in [2.45, 2.75) is 51.5 Å². The van der Waals surface area contributed by atoms with Gasteiger partial charge in [-0.15, -0.1) is 11.3 Å². The van der Waals surface area contributed by atoms with Crippen LogP contribution in [0.5, 0.6) is 0 Å². The van der Waals surface area contributed by atoms with Crippen molar-refractivity contribution < 1.29 is 4.79 Å². The van der Waals surface area contributed by atoms with Crippen LogP contribution in [0.2, 0.25) is 0 Å². The van der Waals surface area contributed by atoms with Gasteiger partial charge in [0.15, 0.2) is 5.96 Å². The summed E-state index contributed by atoms with van der Waals surface area (Å²) in [7, 11) is 0. The fraction of sp³-hybridized carbons (Fsp3) is 0.321. The molecule has 0 aliphatic carbocycles. The lowest BCUT2D eigenvalue weighted by Crippen LogP contribution is -2.63. The predicted molar refractivity (Wildman–Crippen MR) is 138 cm³/mol. The zero-order valence-electron chi connectivity index (χ0n) is 20.3. The van der Waals surface area contributed by atoms with E-state index in [-0.39, 0.29) is 17.3 Å². The van der Waals surface area contributed by atoms with E-state index in [0.717, 1.165) is 21.6 Å². The average Bonchev–Trinajstić information content (AvgIpc) is 3.30. The van der Waals surface area contributed by atoms with Crippen LogP contribution in [0.3, 0.4) is 0 Å². The first-order valence-corrected chi connectivity index (χ1v) is 12.3. The Hall–Kier alpha value is -3.43. The maximum atomic E-state index is 13.7. The minimum atomic E-state index is -0.779. The summed E-state index contributed by atoms with van der Waals surface area (Å²) in [4.78, 5) is 16.2. The highest BCUT2D eigenvalue weighted by Gasteiger charge is 2.49. The van der Waals surface area contributed by atoms with Crippen LogP contribution in [0.25, 0.3) is 11.1 Å². The summed E-state index contributed by atoms with van der Waals surface area (Å²) in [6.45, 7) is 10.9. The molecule has 2 atom stereocenters. The molecule has 4 rings (SSSR count). The van der Waals surface area contributed by atoms with E-state index >= 15 is 0 Å². The number of carbonyl (C=O) groups excluding carboxylic acids is 1. The molecule has 1 fully saturated rings. The van der Waals surface area contributed by atoms with Gasteiger partial charge >= 0.3 is 0 Å². The van der Waals surface area contributed by atoms with Crippen LogP contribution in [0.4, 0.5) is 0 Å². The fourth-order valence-corrected chi connectivity index (χ4v) is 5.66. The van der Waals surface area contributed by atoms with Crippen molar-refractivity contribution in [2.24, 2.45) is 0 Å². The van der Waals surface area contributed by atoms with Crippen LogP contribution in [0.15, 0.2) is 60.0 Å². The molecule has 174 valence electrons. The van der Waals surface area contributed by atoms with Crippen molar-refractivity contribution in [3.8, 4) is 17.2 Å². The van der Waals surface area contributed by atoms with Gasteiger partial charge in [0.2, 0.25) is 5.91 Å². The maximum Gasteiger partial charge on any atom is 0.239 e. The molecular weight excluding hydrogens is 440 g/mol. The summed E-state index contributed by atoms with van der Waals surface area (Å²) in [5.74, 6) is -0.426. The van der Waals surface area contributed by atoms with Crippen LogP contribution in [-0.2, 0) is 15.7 Å². The van der Waals surface area contributed by atoms with E-state index in [4.69, 9.17) is 5.41 Å². The summed E-state index contributed by atoms with van der Waals surface area (Å²) >= 11 is 1.57. The highest BCUT2D eigenvalue weighted by molar-refractivity contribution is 7.10. The highest BCUT2D eigenvalue weighted by Crippen LogP contribution is 2.44. The Morgan fingerprint density at radius 3 is 2.47 bits per heavy atom. The molecule has 1 saturated heterocycles. The minimum Gasteiger partial charge on any atom is -0.345 e. The van der Waals surface area contributed by atoms with E-state index in [9.17, 15) is 10.1 Å². The average molecular weight is 471 g/mol. The Kier molecular flexibility index (Phi) is 6.09. The smallest absolute Gasteiger partial charge is 0.239 e. The van der Waals surface area contributed by atoms with E-state index in [1.165, 1.54) is 10.5 Å². The Balaban J connectivity index is 1.80. The predicted octanol–water partition coefficient (Wildman–Crippen LogP) is 5.97. The first kappa shape index (κ1) is 23.7. The van der Waals surface area contributed by atoms with Crippen LogP contribution in [0, 0.1) is 16.7 Å². The summed E-state index contributed by atoms with van der Waals surface area (Å²) in [5.41, 5.74) is 3.96. The number of thiophene rings is 1. The molecule has 1 unspecified atom stereocenters. The number of carbonyl (C=O) groups is 1. The van der Waals surface area contributed by atoms with Gasteiger partial charge in [-0.1, -0.05) is 57.2 Å². The van der Waals surface area contributed by atoms with E-state index < -0.39 is 11.5 Å². The molecule has 34 heavy (non-hydrogen) atoms. The van der Waals surface area contributed by atoms with E-state index in [0.29, 0.717) is 12.1 Å². The van der Waals surface area contributed by atoms with Crippen LogP contribution in [-0.4, -0.2) is 23.3 Å². The molecule has 3 aromatic rings. The van der Waals surface area contributed by atoms with Gasteiger partial charge in [-0.25, -0.2) is 0 Å². The maximum absolute atomic E-state index is 13.7. The molecule has 2 N–H and O–H groups in total. The van der Waals surface area contributed by atoms with Crippen molar-refractivity contribution in [1.82, 2.24) is 10.2 Å². The lowest BCUT2D eigenvalue weighted by Gasteiger charge is -2.46. The molecule has 1 aromatic heterocycles. The van der Waals surface area contributed by atoms with Gasteiger partial charge in [0.25, 0.3) is 0 Å².